The van der Waals surface area contributed by atoms with Crippen molar-refractivity contribution in [3.63, 3.8) is 0 Å². The molecule has 0 aliphatic carbocycles. The zero-order valence-electron chi connectivity index (χ0n) is 11.7. The molecule has 0 atom stereocenters. The molecule has 0 saturated carbocycles. The van der Waals surface area contributed by atoms with Crippen LogP contribution in [-0.4, -0.2) is 23.1 Å². The van der Waals surface area contributed by atoms with Gasteiger partial charge in [-0.15, -0.1) is 0 Å². The van der Waals surface area contributed by atoms with E-state index in [-0.39, 0.29) is 23.2 Å². The van der Waals surface area contributed by atoms with Crippen molar-refractivity contribution in [2.24, 2.45) is 0 Å². The Morgan fingerprint density at radius 3 is 2.35 bits per heavy atom. The number of aromatic nitrogens is 2. The number of nitrogens with two attached hydrogens (primary N) is 1. The molecule has 0 aliphatic rings. The molecular formula is C13H13Cl2F3N5. The number of halogens is 5. The molecule has 0 spiro atoms. The lowest BCUT2D eigenvalue weighted by Gasteiger charge is -2.11. The molecule has 23 heavy (non-hydrogen) atoms. The van der Waals surface area contributed by atoms with Crippen LogP contribution in [0.4, 0.5) is 30.5 Å². The highest BCUT2D eigenvalue weighted by molar-refractivity contribution is 6.32. The molecule has 2 rings (SSSR count). The zero-order valence-corrected chi connectivity index (χ0v) is 13.2. The lowest BCUT2D eigenvalue weighted by molar-refractivity contribution is -0.254. The molecular weight excluding hydrogens is 354 g/mol. The molecule has 10 heteroatoms. The van der Waals surface area contributed by atoms with Crippen LogP contribution in [0.25, 0.3) is 0 Å². The zero-order chi connectivity index (χ0) is 16.2. The number of rotatable bonds is 5. The molecule has 2 heterocycles. The first-order valence-corrected chi connectivity index (χ1v) is 6.66. The van der Waals surface area contributed by atoms with Crippen molar-refractivity contribution in [1.82, 2.24) is 9.97 Å². The van der Waals surface area contributed by atoms with Gasteiger partial charge < -0.3 is 23.0 Å². The number of anilines is 3. The second kappa shape index (κ2) is 8.19. The minimum atomic E-state index is -4.47. The van der Waals surface area contributed by atoms with Gasteiger partial charge in [0.1, 0.15) is 5.82 Å². The van der Waals surface area contributed by atoms with Gasteiger partial charge in [-0.3, -0.25) is 0 Å². The third-order valence-corrected chi connectivity index (χ3v) is 3.01. The Morgan fingerprint density at radius 1 is 1.13 bits per heavy atom. The van der Waals surface area contributed by atoms with Crippen molar-refractivity contribution in [2.45, 2.75) is 6.18 Å². The predicted octanol–water partition coefficient (Wildman–Crippen LogP) is -0.664. The van der Waals surface area contributed by atoms with Crippen molar-refractivity contribution < 1.29 is 31.3 Å². The van der Waals surface area contributed by atoms with Crippen LogP contribution in [0, 0.1) is 0 Å². The second-order valence-corrected chi connectivity index (χ2v) is 4.75. The van der Waals surface area contributed by atoms with Gasteiger partial charge in [0.05, 0.1) is 10.6 Å². The molecule has 4 N–H and O–H groups in total. The van der Waals surface area contributed by atoms with Gasteiger partial charge in [0.25, 0.3) is 0 Å². The summed E-state index contributed by atoms with van der Waals surface area (Å²) in [7, 11) is 0. The van der Waals surface area contributed by atoms with Gasteiger partial charge in [-0.1, -0.05) is 11.6 Å². The summed E-state index contributed by atoms with van der Waals surface area (Å²) in [4.78, 5) is 7.72. The Hall–Kier alpha value is -1.77. The highest BCUT2D eigenvalue weighted by atomic mass is 35.5. The third-order valence-electron chi connectivity index (χ3n) is 2.72. The fraction of sp³-hybridized carbons (Fsp3) is 0.231. The lowest BCUT2D eigenvalue weighted by Crippen LogP contribution is -3.00. The minimum absolute atomic E-state index is 0. The number of nitrogens with one attached hydrogen (secondary N) is 2. The van der Waals surface area contributed by atoms with E-state index in [0.29, 0.717) is 24.6 Å². The van der Waals surface area contributed by atoms with Gasteiger partial charge >= 0.3 is 6.18 Å². The number of hydrogen-bond acceptors (Lipinski definition) is 5. The van der Waals surface area contributed by atoms with Crippen molar-refractivity contribution in [3.05, 3.63) is 41.2 Å². The Morgan fingerprint density at radius 2 is 1.78 bits per heavy atom. The van der Waals surface area contributed by atoms with Crippen LogP contribution in [0.15, 0.2) is 30.6 Å². The summed E-state index contributed by atoms with van der Waals surface area (Å²) in [5.41, 5.74) is 5.33. The average molecular weight is 367 g/mol. The van der Waals surface area contributed by atoms with Gasteiger partial charge in [0.2, 0.25) is 5.69 Å². The molecule has 0 fully saturated rings. The molecule has 2 aromatic heterocycles. The van der Waals surface area contributed by atoms with E-state index in [1.807, 2.05) is 0 Å². The van der Waals surface area contributed by atoms with E-state index < -0.39 is 11.7 Å². The molecule has 125 valence electrons. The van der Waals surface area contributed by atoms with E-state index in [1.54, 1.807) is 18.3 Å². The quantitative estimate of drug-likeness (QED) is 0.614. The van der Waals surface area contributed by atoms with Crippen LogP contribution < -0.4 is 28.8 Å². The molecule has 2 aromatic rings. The number of nitrogens with zero attached hydrogens (tertiary/aromatic N) is 2. The number of pyridine rings is 2. The van der Waals surface area contributed by atoms with Gasteiger partial charge in [0, 0.05) is 31.5 Å². The highest BCUT2D eigenvalue weighted by Gasteiger charge is 2.31. The van der Waals surface area contributed by atoms with E-state index in [2.05, 4.69) is 20.6 Å². The first kappa shape index (κ1) is 19.3. The molecule has 0 unspecified atom stereocenters. The average Bonchev–Trinajstić information content (AvgIpc) is 2.45. The summed E-state index contributed by atoms with van der Waals surface area (Å²) in [6.07, 6.45) is -2.13. The summed E-state index contributed by atoms with van der Waals surface area (Å²) in [5, 5.41) is 5.74. The summed E-state index contributed by atoms with van der Waals surface area (Å²) >= 11 is 5.78. The largest absolute Gasteiger partial charge is 1.00 e. The van der Waals surface area contributed by atoms with Crippen LogP contribution >= 0.6 is 11.6 Å². The summed E-state index contributed by atoms with van der Waals surface area (Å²) in [5.74, 6) is 0.723. The topological polar surface area (TPSA) is 75.1 Å². The van der Waals surface area contributed by atoms with Crippen molar-refractivity contribution in [2.75, 3.05) is 23.7 Å². The van der Waals surface area contributed by atoms with Crippen LogP contribution in [0.2, 0.25) is 5.02 Å². The van der Waals surface area contributed by atoms with Crippen molar-refractivity contribution in [3.8, 4) is 0 Å². The Labute approximate surface area is 141 Å². The molecule has 0 amide bonds. The molecule has 0 aliphatic heterocycles. The maximum absolute atomic E-state index is 12.5. The van der Waals surface area contributed by atoms with Crippen molar-refractivity contribution >= 4 is 28.9 Å². The standard InChI is InChI=1S/C13H13ClF3N5.ClH/c14-9-6-8(13(15,16)17)7-22-11(9)20-4-5-21-12-10(18)2-1-3-19-12;/h1-3,6-7H,4-5,18H2,(H,19,21)(H,20,22);1H/q+1;/p-1. The molecule has 5 nitrogen and oxygen atoms in total. The van der Waals surface area contributed by atoms with Crippen molar-refractivity contribution in [1.29, 1.82) is 0 Å². The second-order valence-electron chi connectivity index (χ2n) is 4.35. The smallest absolute Gasteiger partial charge is 0.417 e. The van der Waals surface area contributed by atoms with E-state index in [0.717, 1.165) is 12.3 Å². The lowest BCUT2D eigenvalue weighted by atomic mass is 10.3. The maximum atomic E-state index is 12.5. The molecule has 1 radical (unpaired) electrons. The SMILES string of the molecule is [Cl-].[NH2+]c1cccnc1NCCNc1ncc(C(F)(F)F)cc1Cl. The van der Waals surface area contributed by atoms with Crippen LogP contribution in [0.1, 0.15) is 5.56 Å². The third kappa shape index (κ3) is 5.42. The molecule has 0 bridgehead atoms. The predicted molar refractivity (Wildman–Crippen MR) is 77.1 cm³/mol. The monoisotopic (exact) mass is 366 g/mol. The van der Waals surface area contributed by atoms with Gasteiger partial charge in [-0.05, 0) is 12.1 Å². The summed E-state index contributed by atoms with van der Waals surface area (Å²) in [6, 6.07) is 4.25. The van der Waals surface area contributed by atoms with Crippen LogP contribution in [0.5, 0.6) is 0 Å². The normalized spacial score (nSPS) is 10.8. The number of alkyl halides is 3. The van der Waals surface area contributed by atoms with Crippen LogP contribution in [0.3, 0.4) is 0 Å². The van der Waals surface area contributed by atoms with E-state index in [4.69, 9.17) is 17.3 Å². The van der Waals surface area contributed by atoms with E-state index >= 15 is 0 Å². The summed E-state index contributed by atoms with van der Waals surface area (Å²) in [6.45, 7) is 0.828. The van der Waals surface area contributed by atoms with Gasteiger partial charge in [0.15, 0.2) is 5.82 Å². The maximum Gasteiger partial charge on any atom is 0.417 e. The number of hydrogen-bond donors (Lipinski definition) is 3. The molecule has 0 aromatic carbocycles. The van der Waals surface area contributed by atoms with E-state index in [1.165, 1.54) is 0 Å². The fourth-order valence-corrected chi connectivity index (χ4v) is 1.88. The Balaban J connectivity index is 0.00000264. The Bertz CT molecular complexity index is 652. The highest BCUT2D eigenvalue weighted by Crippen LogP contribution is 2.32. The first-order chi connectivity index (χ1) is 10.4. The summed E-state index contributed by atoms with van der Waals surface area (Å²) < 4.78 is 37.5. The Kier molecular flexibility index (Phi) is 6.86. The first-order valence-electron chi connectivity index (χ1n) is 6.29. The fourth-order valence-electron chi connectivity index (χ4n) is 1.65. The number of nitrogen functional groups attached to an aromatic ring is 1. The minimum Gasteiger partial charge on any atom is -1.00 e. The van der Waals surface area contributed by atoms with Crippen LogP contribution in [-0.2, 0) is 6.18 Å². The van der Waals surface area contributed by atoms with E-state index in [9.17, 15) is 13.2 Å². The molecule has 0 saturated heterocycles. The van der Waals surface area contributed by atoms with Gasteiger partial charge in [-0.25, -0.2) is 9.97 Å². The van der Waals surface area contributed by atoms with Gasteiger partial charge in [-0.2, -0.15) is 18.9 Å².